The molecule has 0 spiro atoms. The van der Waals surface area contributed by atoms with E-state index in [9.17, 15) is 0 Å². The molecule has 0 radical (unpaired) electrons. The average molecular weight is 289 g/mol. The highest BCUT2D eigenvalue weighted by Crippen LogP contribution is 2.50. The summed E-state index contributed by atoms with van der Waals surface area (Å²) in [5, 5.41) is 15.3. The van der Waals surface area contributed by atoms with Crippen LogP contribution < -0.4 is 5.01 Å². The SMILES string of the molecule is CCc1nnc2n1N1C(=CSC1c1cccnc1)S2. The minimum absolute atomic E-state index is 0.221. The highest BCUT2D eigenvalue weighted by atomic mass is 32.2. The zero-order chi connectivity index (χ0) is 12.8. The maximum absolute atomic E-state index is 4.25. The fourth-order valence-corrected chi connectivity index (χ4v) is 4.48. The van der Waals surface area contributed by atoms with Gasteiger partial charge in [-0.05, 0) is 17.8 Å². The number of pyridine rings is 1. The van der Waals surface area contributed by atoms with Crippen LogP contribution in [-0.4, -0.2) is 19.9 Å². The topological polar surface area (TPSA) is 46.8 Å². The van der Waals surface area contributed by atoms with Gasteiger partial charge in [0, 0.05) is 29.8 Å². The molecule has 0 N–H and O–H groups in total. The standard InChI is InChI=1S/C12H11N5S2/c1-2-9-14-15-12-16(9)17-10(19-12)7-18-11(17)8-4-3-5-13-6-8/h3-7,11H,2H2,1H3. The Morgan fingerprint density at radius 1 is 1.37 bits per heavy atom. The molecule has 2 aliphatic heterocycles. The van der Waals surface area contributed by atoms with Crippen LogP contribution in [0.4, 0.5) is 0 Å². The molecule has 7 heteroatoms. The summed E-state index contributed by atoms with van der Waals surface area (Å²) < 4.78 is 2.13. The van der Waals surface area contributed by atoms with E-state index >= 15 is 0 Å². The van der Waals surface area contributed by atoms with Crippen LogP contribution in [0.15, 0.2) is 40.1 Å². The molecule has 0 saturated heterocycles. The number of rotatable bonds is 2. The Morgan fingerprint density at radius 3 is 3.11 bits per heavy atom. The van der Waals surface area contributed by atoms with E-state index in [0.29, 0.717) is 0 Å². The summed E-state index contributed by atoms with van der Waals surface area (Å²) in [5.74, 6) is 1.00. The highest BCUT2D eigenvalue weighted by Gasteiger charge is 2.39. The van der Waals surface area contributed by atoms with Crippen LogP contribution in [0.5, 0.6) is 0 Å². The first-order valence-electron chi connectivity index (χ1n) is 6.05. The molecule has 1 atom stereocenters. The molecular formula is C12H11N5S2. The van der Waals surface area contributed by atoms with Crippen LogP contribution in [0.25, 0.3) is 0 Å². The molecule has 0 amide bonds. The quantitative estimate of drug-likeness (QED) is 0.846. The van der Waals surface area contributed by atoms with Crippen molar-refractivity contribution in [1.82, 2.24) is 19.9 Å². The molecule has 4 rings (SSSR count). The lowest BCUT2D eigenvalue weighted by atomic mass is 10.3. The van der Waals surface area contributed by atoms with Crippen molar-refractivity contribution in [2.24, 2.45) is 0 Å². The third-order valence-corrected chi connectivity index (χ3v) is 5.31. The van der Waals surface area contributed by atoms with Gasteiger partial charge in [-0.15, -0.1) is 10.2 Å². The van der Waals surface area contributed by atoms with E-state index in [0.717, 1.165) is 17.4 Å². The van der Waals surface area contributed by atoms with Gasteiger partial charge in [-0.3, -0.25) is 9.99 Å². The molecule has 2 aromatic heterocycles. The Morgan fingerprint density at radius 2 is 2.32 bits per heavy atom. The molecule has 19 heavy (non-hydrogen) atoms. The summed E-state index contributed by atoms with van der Waals surface area (Å²) in [5.41, 5.74) is 1.20. The van der Waals surface area contributed by atoms with Crippen LogP contribution in [0, 0.1) is 0 Å². The lowest BCUT2D eigenvalue weighted by molar-refractivity contribution is 0.606. The van der Waals surface area contributed by atoms with Crippen molar-refractivity contribution in [3.05, 3.63) is 46.4 Å². The van der Waals surface area contributed by atoms with Gasteiger partial charge < -0.3 is 0 Å². The molecule has 1 unspecified atom stereocenters. The molecule has 0 aliphatic carbocycles. The first kappa shape index (κ1) is 11.4. The van der Waals surface area contributed by atoms with E-state index in [1.165, 1.54) is 10.6 Å². The van der Waals surface area contributed by atoms with Gasteiger partial charge in [-0.2, -0.15) is 0 Å². The van der Waals surface area contributed by atoms with Crippen LogP contribution in [0.2, 0.25) is 0 Å². The van der Waals surface area contributed by atoms with Gasteiger partial charge in [0.25, 0.3) is 0 Å². The van der Waals surface area contributed by atoms with Crippen molar-refractivity contribution >= 4 is 23.5 Å². The van der Waals surface area contributed by atoms with Gasteiger partial charge in [0.15, 0.2) is 5.82 Å². The normalized spacial score (nSPS) is 20.4. The van der Waals surface area contributed by atoms with E-state index in [2.05, 4.69) is 43.3 Å². The number of fused-ring (bicyclic) bond motifs is 3. The Balaban J connectivity index is 1.79. The van der Waals surface area contributed by atoms with Gasteiger partial charge >= 0.3 is 0 Å². The summed E-state index contributed by atoms with van der Waals surface area (Å²) in [6, 6.07) is 4.09. The van der Waals surface area contributed by atoms with Crippen molar-refractivity contribution in [3.8, 4) is 0 Å². The summed E-state index contributed by atoms with van der Waals surface area (Å²) >= 11 is 3.48. The Labute approximate surface area is 119 Å². The maximum Gasteiger partial charge on any atom is 0.216 e. The average Bonchev–Trinajstić information content (AvgIpc) is 3.09. The maximum atomic E-state index is 4.25. The molecule has 0 fully saturated rings. The van der Waals surface area contributed by atoms with E-state index in [4.69, 9.17) is 0 Å². The summed E-state index contributed by atoms with van der Waals surface area (Å²) in [7, 11) is 0. The van der Waals surface area contributed by atoms with E-state index in [1.807, 2.05) is 12.3 Å². The number of thioether (sulfide) groups is 2. The Bertz CT molecular complexity index is 651. The van der Waals surface area contributed by atoms with Crippen LogP contribution in [0.3, 0.4) is 0 Å². The minimum atomic E-state index is 0.221. The van der Waals surface area contributed by atoms with E-state index < -0.39 is 0 Å². The lowest BCUT2D eigenvalue weighted by Gasteiger charge is -2.25. The molecule has 4 heterocycles. The predicted molar refractivity (Wildman–Crippen MR) is 76.1 cm³/mol. The van der Waals surface area contributed by atoms with Gasteiger partial charge in [0.05, 0.1) is 0 Å². The van der Waals surface area contributed by atoms with Crippen molar-refractivity contribution < 1.29 is 0 Å². The lowest BCUT2D eigenvalue weighted by Crippen LogP contribution is -2.30. The monoisotopic (exact) mass is 289 g/mol. The fourth-order valence-electron chi connectivity index (χ4n) is 2.26. The third kappa shape index (κ3) is 1.61. The number of nitrogens with zero attached hydrogens (tertiary/aromatic N) is 5. The number of hydrogen-bond acceptors (Lipinski definition) is 6. The zero-order valence-corrected chi connectivity index (χ0v) is 11.9. The fraction of sp³-hybridized carbons (Fsp3) is 0.250. The molecule has 0 aromatic carbocycles. The Kier molecular flexibility index (Phi) is 2.56. The molecule has 5 nitrogen and oxygen atoms in total. The first-order chi connectivity index (χ1) is 9.38. The van der Waals surface area contributed by atoms with Crippen LogP contribution in [0.1, 0.15) is 23.7 Å². The molecule has 96 valence electrons. The Hall–Kier alpha value is -1.47. The number of aromatic nitrogens is 4. The largest absolute Gasteiger partial charge is 0.264 e. The van der Waals surface area contributed by atoms with Gasteiger partial charge in [0.1, 0.15) is 10.4 Å². The summed E-state index contributed by atoms with van der Waals surface area (Å²) in [6.07, 6.45) is 4.60. The van der Waals surface area contributed by atoms with Crippen LogP contribution in [-0.2, 0) is 6.42 Å². The molecule has 0 saturated carbocycles. The third-order valence-electron chi connectivity index (χ3n) is 3.12. The van der Waals surface area contributed by atoms with Gasteiger partial charge in [-0.1, -0.05) is 24.8 Å². The zero-order valence-electron chi connectivity index (χ0n) is 10.2. The second-order valence-electron chi connectivity index (χ2n) is 4.24. The van der Waals surface area contributed by atoms with Crippen molar-refractivity contribution in [1.29, 1.82) is 0 Å². The van der Waals surface area contributed by atoms with E-state index in [-0.39, 0.29) is 5.37 Å². The summed E-state index contributed by atoms with van der Waals surface area (Å²) in [6.45, 7) is 2.10. The second-order valence-corrected chi connectivity index (χ2v) is 6.18. The molecule has 2 aromatic rings. The molecule has 0 bridgehead atoms. The van der Waals surface area contributed by atoms with Crippen molar-refractivity contribution in [2.75, 3.05) is 5.01 Å². The second kappa shape index (κ2) is 4.28. The van der Waals surface area contributed by atoms with E-state index in [1.54, 1.807) is 29.7 Å². The number of aryl methyl sites for hydroxylation is 1. The van der Waals surface area contributed by atoms with Crippen LogP contribution >= 0.6 is 23.5 Å². The van der Waals surface area contributed by atoms with Gasteiger partial charge in [0.2, 0.25) is 5.16 Å². The smallest absolute Gasteiger partial charge is 0.216 e. The van der Waals surface area contributed by atoms with Crippen molar-refractivity contribution in [3.63, 3.8) is 0 Å². The summed E-state index contributed by atoms with van der Waals surface area (Å²) in [4.78, 5) is 4.22. The van der Waals surface area contributed by atoms with Crippen molar-refractivity contribution in [2.45, 2.75) is 23.9 Å². The number of hydrogen-bond donors (Lipinski definition) is 0. The molecular weight excluding hydrogens is 278 g/mol. The molecule has 2 aliphatic rings. The minimum Gasteiger partial charge on any atom is -0.264 e. The predicted octanol–water partition coefficient (Wildman–Crippen LogP) is 2.52. The highest BCUT2D eigenvalue weighted by molar-refractivity contribution is 8.07. The first-order valence-corrected chi connectivity index (χ1v) is 7.81. The van der Waals surface area contributed by atoms with Gasteiger partial charge in [-0.25, -0.2) is 4.68 Å².